The Hall–Kier alpha value is -3.00. The lowest BCUT2D eigenvalue weighted by Crippen LogP contribution is -1.99. The van der Waals surface area contributed by atoms with Gasteiger partial charge >= 0.3 is 6.01 Å². The van der Waals surface area contributed by atoms with Crippen molar-refractivity contribution in [3.63, 3.8) is 0 Å². The molecule has 4 aromatic rings. The first-order chi connectivity index (χ1) is 12.7. The van der Waals surface area contributed by atoms with Gasteiger partial charge in [-0.25, -0.2) is 9.97 Å². The summed E-state index contributed by atoms with van der Waals surface area (Å²) in [6.07, 6.45) is 5.35. The minimum absolute atomic E-state index is 0.372. The van der Waals surface area contributed by atoms with Gasteiger partial charge in [-0.3, -0.25) is 4.57 Å². The van der Waals surface area contributed by atoms with Crippen molar-refractivity contribution in [2.24, 2.45) is 0 Å². The van der Waals surface area contributed by atoms with Crippen LogP contribution in [0.15, 0.2) is 64.0 Å². The molecule has 4 rings (SSSR count). The van der Waals surface area contributed by atoms with Crippen LogP contribution in [0.2, 0.25) is 0 Å². The van der Waals surface area contributed by atoms with Gasteiger partial charge in [-0.1, -0.05) is 33.2 Å². The van der Waals surface area contributed by atoms with E-state index in [9.17, 15) is 0 Å². The summed E-state index contributed by atoms with van der Waals surface area (Å²) >= 11 is 3.42. The molecule has 0 amide bonds. The van der Waals surface area contributed by atoms with Gasteiger partial charge in [0, 0.05) is 23.4 Å². The third kappa shape index (κ3) is 3.65. The Morgan fingerprint density at radius 2 is 1.92 bits per heavy atom. The summed E-state index contributed by atoms with van der Waals surface area (Å²) in [4.78, 5) is 8.62. The molecule has 0 bridgehead atoms. The standard InChI is InChI=1S/C18H15BrN6O/c1-12-10-25(11-22-12)16-7-4-14(9-20-16)17-23-24-18(26-17)21-8-13-2-5-15(19)6-3-13/h2-7,9-11H,8H2,1H3,(H,21,24). The van der Waals surface area contributed by atoms with E-state index in [0.29, 0.717) is 18.5 Å². The van der Waals surface area contributed by atoms with Crippen LogP contribution in [-0.2, 0) is 6.54 Å². The third-order valence-electron chi connectivity index (χ3n) is 3.75. The van der Waals surface area contributed by atoms with Gasteiger partial charge in [0.15, 0.2) is 0 Å². The first-order valence-electron chi connectivity index (χ1n) is 7.96. The number of nitrogens with one attached hydrogen (secondary N) is 1. The lowest BCUT2D eigenvalue weighted by molar-refractivity contribution is 0.580. The minimum atomic E-state index is 0.372. The molecule has 0 unspecified atom stereocenters. The number of anilines is 1. The van der Waals surface area contributed by atoms with Gasteiger partial charge in [-0.05, 0) is 36.8 Å². The molecule has 0 fully saturated rings. The van der Waals surface area contributed by atoms with Crippen molar-refractivity contribution in [3.8, 4) is 17.3 Å². The average Bonchev–Trinajstić information content (AvgIpc) is 3.31. The summed E-state index contributed by atoms with van der Waals surface area (Å²) in [6.45, 7) is 2.54. The van der Waals surface area contributed by atoms with Gasteiger partial charge in [0.05, 0.1) is 11.3 Å². The molecule has 0 saturated carbocycles. The molecule has 26 heavy (non-hydrogen) atoms. The maximum atomic E-state index is 5.66. The van der Waals surface area contributed by atoms with Crippen molar-refractivity contribution in [2.75, 3.05) is 5.32 Å². The summed E-state index contributed by atoms with van der Waals surface area (Å²) < 4.78 is 8.57. The maximum absolute atomic E-state index is 5.66. The highest BCUT2D eigenvalue weighted by molar-refractivity contribution is 9.10. The van der Waals surface area contributed by atoms with Crippen molar-refractivity contribution < 1.29 is 4.42 Å². The molecule has 3 heterocycles. The predicted octanol–water partition coefficient (Wildman–Crippen LogP) is 4.00. The predicted molar refractivity (Wildman–Crippen MR) is 101 cm³/mol. The Kier molecular flexibility index (Phi) is 4.49. The van der Waals surface area contributed by atoms with Crippen LogP contribution >= 0.6 is 15.9 Å². The summed E-state index contributed by atoms with van der Waals surface area (Å²) in [6, 6.07) is 12.2. The van der Waals surface area contributed by atoms with E-state index < -0.39 is 0 Å². The van der Waals surface area contributed by atoms with E-state index in [1.54, 1.807) is 12.5 Å². The van der Waals surface area contributed by atoms with Gasteiger partial charge in [0.25, 0.3) is 5.89 Å². The topological polar surface area (TPSA) is 81.7 Å². The number of hydrogen-bond donors (Lipinski definition) is 1. The smallest absolute Gasteiger partial charge is 0.316 e. The maximum Gasteiger partial charge on any atom is 0.316 e. The molecule has 0 atom stereocenters. The highest BCUT2D eigenvalue weighted by atomic mass is 79.9. The van der Waals surface area contributed by atoms with Crippen molar-refractivity contribution in [1.29, 1.82) is 0 Å². The molecular formula is C18H15BrN6O. The largest absolute Gasteiger partial charge is 0.403 e. The lowest BCUT2D eigenvalue weighted by Gasteiger charge is -2.02. The zero-order chi connectivity index (χ0) is 17.9. The normalized spacial score (nSPS) is 10.8. The molecular weight excluding hydrogens is 396 g/mol. The molecule has 8 heteroatoms. The third-order valence-corrected chi connectivity index (χ3v) is 4.28. The Bertz CT molecular complexity index is 1010. The molecule has 0 radical (unpaired) electrons. The number of aryl methyl sites for hydroxylation is 1. The molecule has 0 aliphatic carbocycles. The number of pyridine rings is 1. The van der Waals surface area contributed by atoms with Gasteiger partial charge < -0.3 is 9.73 Å². The molecule has 130 valence electrons. The first-order valence-corrected chi connectivity index (χ1v) is 8.76. The van der Waals surface area contributed by atoms with E-state index >= 15 is 0 Å². The van der Waals surface area contributed by atoms with Crippen LogP contribution < -0.4 is 5.32 Å². The Morgan fingerprint density at radius 1 is 1.08 bits per heavy atom. The number of halogens is 1. The highest BCUT2D eigenvalue weighted by Gasteiger charge is 2.09. The fourth-order valence-corrected chi connectivity index (χ4v) is 2.67. The average molecular weight is 411 g/mol. The number of nitrogens with zero attached hydrogens (tertiary/aromatic N) is 5. The molecule has 1 aromatic carbocycles. The number of rotatable bonds is 5. The number of benzene rings is 1. The van der Waals surface area contributed by atoms with Gasteiger partial charge in [0.1, 0.15) is 12.1 Å². The van der Waals surface area contributed by atoms with E-state index in [-0.39, 0.29) is 0 Å². The van der Waals surface area contributed by atoms with Crippen molar-refractivity contribution in [3.05, 3.63) is 70.8 Å². The fraction of sp³-hybridized carbons (Fsp3) is 0.111. The van der Waals surface area contributed by atoms with E-state index in [1.165, 1.54) is 0 Å². The van der Waals surface area contributed by atoms with E-state index in [0.717, 1.165) is 27.1 Å². The summed E-state index contributed by atoms with van der Waals surface area (Å²) in [5.41, 5.74) is 2.82. The SMILES string of the molecule is Cc1cn(-c2ccc(-c3nnc(NCc4ccc(Br)cc4)o3)cn2)cn1. The highest BCUT2D eigenvalue weighted by Crippen LogP contribution is 2.20. The van der Waals surface area contributed by atoms with Crippen LogP contribution in [0.4, 0.5) is 6.01 Å². The van der Waals surface area contributed by atoms with Crippen LogP contribution in [0, 0.1) is 6.92 Å². The van der Waals surface area contributed by atoms with Gasteiger partial charge in [-0.2, -0.15) is 0 Å². The van der Waals surface area contributed by atoms with Crippen molar-refractivity contribution in [1.82, 2.24) is 24.7 Å². The molecule has 3 aromatic heterocycles. The van der Waals surface area contributed by atoms with E-state index in [1.807, 2.05) is 54.1 Å². The summed E-state index contributed by atoms with van der Waals surface area (Å²) in [7, 11) is 0. The lowest BCUT2D eigenvalue weighted by atomic mass is 10.2. The summed E-state index contributed by atoms with van der Waals surface area (Å²) in [5.74, 6) is 1.20. The monoisotopic (exact) mass is 410 g/mol. The van der Waals surface area contributed by atoms with Crippen LogP contribution in [0.5, 0.6) is 0 Å². The van der Waals surface area contributed by atoms with Gasteiger partial charge in [0.2, 0.25) is 0 Å². The van der Waals surface area contributed by atoms with E-state index in [2.05, 4.69) is 41.4 Å². The quantitative estimate of drug-likeness (QED) is 0.535. The van der Waals surface area contributed by atoms with Crippen molar-refractivity contribution in [2.45, 2.75) is 13.5 Å². The molecule has 1 N–H and O–H groups in total. The number of hydrogen-bond acceptors (Lipinski definition) is 6. The van der Waals surface area contributed by atoms with E-state index in [4.69, 9.17) is 4.42 Å². The molecule has 0 aliphatic rings. The first kappa shape index (κ1) is 16.5. The number of imidazole rings is 1. The Morgan fingerprint density at radius 3 is 2.62 bits per heavy atom. The second kappa shape index (κ2) is 7.09. The van der Waals surface area contributed by atoms with Crippen LogP contribution in [0.3, 0.4) is 0 Å². The zero-order valence-corrected chi connectivity index (χ0v) is 15.5. The van der Waals surface area contributed by atoms with Crippen LogP contribution in [-0.4, -0.2) is 24.7 Å². The molecule has 7 nitrogen and oxygen atoms in total. The molecule has 0 spiro atoms. The van der Waals surface area contributed by atoms with Crippen molar-refractivity contribution >= 4 is 21.9 Å². The molecule has 0 saturated heterocycles. The second-order valence-corrected chi connectivity index (χ2v) is 6.64. The Balaban J connectivity index is 1.44. The second-order valence-electron chi connectivity index (χ2n) is 5.72. The van der Waals surface area contributed by atoms with Gasteiger partial charge in [-0.15, -0.1) is 5.10 Å². The Labute approximate surface area is 158 Å². The summed E-state index contributed by atoms with van der Waals surface area (Å²) in [5, 5.41) is 11.2. The minimum Gasteiger partial charge on any atom is -0.403 e. The zero-order valence-electron chi connectivity index (χ0n) is 13.9. The molecule has 0 aliphatic heterocycles. The van der Waals surface area contributed by atoms with Crippen LogP contribution in [0.25, 0.3) is 17.3 Å². The van der Waals surface area contributed by atoms with Crippen LogP contribution in [0.1, 0.15) is 11.3 Å². The fourth-order valence-electron chi connectivity index (χ4n) is 2.40. The number of aromatic nitrogens is 5.